The molecule has 100 valence electrons. The Morgan fingerprint density at radius 1 is 1.11 bits per heavy atom. The molecule has 4 heteroatoms. The van der Waals surface area contributed by atoms with Crippen LogP contribution < -0.4 is 5.32 Å². The highest BCUT2D eigenvalue weighted by Gasteiger charge is 2.06. The van der Waals surface area contributed by atoms with Gasteiger partial charge in [0.1, 0.15) is 5.82 Å². The van der Waals surface area contributed by atoms with Crippen molar-refractivity contribution in [3.8, 4) is 0 Å². The molecule has 2 rings (SSSR count). The maximum absolute atomic E-state index is 13.1. The summed E-state index contributed by atoms with van der Waals surface area (Å²) >= 11 is 11.9. The zero-order chi connectivity index (χ0) is 13.8. The molecule has 1 nitrogen and oxygen atoms in total. The van der Waals surface area contributed by atoms with Crippen molar-refractivity contribution in [2.45, 2.75) is 19.4 Å². The summed E-state index contributed by atoms with van der Waals surface area (Å²) in [6.07, 6.45) is 0.724. The van der Waals surface area contributed by atoms with Crippen LogP contribution in [0.25, 0.3) is 0 Å². The van der Waals surface area contributed by atoms with E-state index in [2.05, 4.69) is 5.32 Å². The zero-order valence-electron chi connectivity index (χ0n) is 10.5. The first kappa shape index (κ1) is 14.2. The van der Waals surface area contributed by atoms with Crippen molar-refractivity contribution >= 4 is 28.9 Å². The summed E-state index contributed by atoms with van der Waals surface area (Å²) in [6, 6.07) is 12.1. The third-order valence-electron chi connectivity index (χ3n) is 2.71. The van der Waals surface area contributed by atoms with E-state index in [1.807, 2.05) is 25.1 Å². The molecule has 2 aromatic rings. The molecule has 1 atom stereocenters. The summed E-state index contributed by atoms with van der Waals surface area (Å²) in [5.41, 5.74) is 1.81. The SMILES string of the molecule is CC(Cc1cccc(F)c1)Nc1cc(Cl)cc(Cl)c1. The quantitative estimate of drug-likeness (QED) is 0.820. The Morgan fingerprint density at radius 3 is 2.42 bits per heavy atom. The predicted molar refractivity (Wildman–Crippen MR) is 79.7 cm³/mol. The largest absolute Gasteiger partial charge is 0.382 e. The molecule has 0 bridgehead atoms. The fraction of sp³-hybridized carbons (Fsp3) is 0.200. The van der Waals surface area contributed by atoms with Gasteiger partial charge in [0.2, 0.25) is 0 Å². The maximum Gasteiger partial charge on any atom is 0.123 e. The van der Waals surface area contributed by atoms with Gasteiger partial charge in [-0.25, -0.2) is 4.39 Å². The van der Waals surface area contributed by atoms with E-state index in [9.17, 15) is 4.39 Å². The Hall–Kier alpha value is -1.25. The first-order valence-electron chi connectivity index (χ1n) is 6.00. The highest BCUT2D eigenvalue weighted by atomic mass is 35.5. The van der Waals surface area contributed by atoms with Crippen LogP contribution >= 0.6 is 23.2 Å². The fourth-order valence-corrected chi connectivity index (χ4v) is 2.52. The highest BCUT2D eigenvalue weighted by molar-refractivity contribution is 6.35. The Bertz CT molecular complexity index is 552. The molecule has 0 radical (unpaired) electrons. The van der Waals surface area contributed by atoms with Gasteiger partial charge in [-0.05, 0) is 49.2 Å². The molecule has 1 unspecified atom stereocenters. The first-order chi connectivity index (χ1) is 9.02. The van der Waals surface area contributed by atoms with Gasteiger partial charge in [-0.1, -0.05) is 35.3 Å². The van der Waals surface area contributed by atoms with E-state index in [0.29, 0.717) is 10.0 Å². The second-order valence-corrected chi connectivity index (χ2v) is 5.41. The molecule has 0 amide bonds. The van der Waals surface area contributed by atoms with Crippen LogP contribution in [0.1, 0.15) is 12.5 Å². The van der Waals surface area contributed by atoms with E-state index in [1.165, 1.54) is 6.07 Å². The molecule has 0 aliphatic carbocycles. The van der Waals surface area contributed by atoms with Crippen molar-refractivity contribution in [2.24, 2.45) is 0 Å². The predicted octanol–water partition coefficient (Wildman–Crippen LogP) is 5.18. The van der Waals surface area contributed by atoms with E-state index >= 15 is 0 Å². The lowest BCUT2D eigenvalue weighted by atomic mass is 10.1. The van der Waals surface area contributed by atoms with Gasteiger partial charge >= 0.3 is 0 Å². The molecule has 19 heavy (non-hydrogen) atoms. The van der Waals surface area contributed by atoms with Crippen LogP contribution in [-0.4, -0.2) is 6.04 Å². The lowest BCUT2D eigenvalue weighted by Gasteiger charge is -2.16. The molecular formula is C15H14Cl2FN. The first-order valence-corrected chi connectivity index (χ1v) is 6.75. The standard InChI is InChI=1S/C15H14Cl2FN/c1-10(5-11-3-2-4-14(18)6-11)19-15-8-12(16)7-13(17)9-15/h2-4,6-10,19H,5H2,1H3. The number of benzene rings is 2. The normalized spacial score (nSPS) is 12.2. The summed E-state index contributed by atoms with van der Waals surface area (Å²) in [4.78, 5) is 0. The summed E-state index contributed by atoms with van der Waals surface area (Å²) in [5.74, 6) is -0.212. The number of nitrogens with one attached hydrogen (secondary N) is 1. The number of halogens is 3. The van der Waals surface area contributed by atoms with E-state index in [4.69, 9.17) is 23.2 Å². The molecule has 0 saturated carbocycles. The molecular weight excluding hydrogens is 284 g/mol. The summed E-state index contributed by atoms with van der Waals surface area (Å²) in [6.45, 7) is 2.03. The fourth-order valence-electron chi connectivity index (χ4n) is 1.99. The number of rotatable bonds is 4. The Balaban J connectivity index is 2.03. The summed E-state index contributed by atoms with van der Waals surface area (Å²) < 4.78 is 13.1. The Labute approximate surface area is 122 Å². The van der Waals surface area contributed by atoms with Crippen LogP contribution in [0.3, 0.4) is 0 Å². The number of hydrogen-bond donors (Lipinski definition) is 1. The third-order valence-corrected chi connectivity index (χ3v) is 3.14. The van der Waals surface area contributed by atoms with Crippen LogP contribution in [0.2, 0.25) is 10.0 Å². The molecule has 2 aromatic carbocycles. The van der Waals surface area contributed by atoms with Crippen molar-refractivity contribution < 1.29 is 4.39 Å². The van der Waals surface area contributed by atoms with Gasteiger partial charge in [0.15, 0.2) is 0 Å². The van der Waals surface area contributed by atoms with Gasteiger partial charge in [-0.2, -0.15) is 0 Å². The third kappa shape index (κ3) is 4.41. The minimum absolute atomic E-state index is 0.149. The minimum atomic E-state index is -0.212. The summed E-state index contributed by atoms with van der Waals surface area (Å²) in [7, 11) is 0. The lowest BCUT2D eigenvalue weighted by Crippen LogP contribution is -2.18. The van der Waals surface area contributed by atoms with Crippen molar-refractivity contribution in [2.75, 3.05) is 5.32 Å². The van der Waals surface area contributed by atoms with Crippen LogP contribution in [0.4, 0.5) is 10.1 Å². The lowest BCUT2D eigenvalue weighted by molar-refractivity contribution is 0.624. The molecule has 0 aliphatic heterocycles. The van der Waals surface area contributed by atoms with Crippen LogP contribution in [-0.2, 0) is 6.42 Å². The number of anilines is 1. The van der Waals surface area contributed by atoms with Crippen LogP contribution in [0, 0.1) is 5.82 Å². The van der Waals surface area contributed by atoms with Crippen LogP contribution in [0.5, 0.6) is 0 Å². The van der Waals surface area contributed by atoms with Gasteiger partial charge in [0.05, 0.1) is 0 Å². The Morgan fingerprint density at radius 2 is 1.79 bits per heavy atom. The summed E-state index contributed by atoms with van der Waals surface area (Å²) in [5, 5.41) is 4.48. The van der Waals surface area contributed by atoms with Gasteiger partial charge in [0, 0.05) is 21.8 Å². The average molecular weight is 298 g/mol. The van der Waals surface area contributed by atoms with E-state index < -0.39 is 0 Å². The van der Waals surface area contributed by atoms with Gasteiger partial charge in [0.25, 0.3) is 0 Å². The second-order valence-electron chi connectivity index (χ2n) is 4.54. The monoisotopic (exact) mass is 297 g/mol. The average Bonchev–Trinajstić information content (AvgIpc) is 2.26. The zero-order valence-corrected chi connectivity index (χ0v) is 12.0. The van der Waals surface area contributed by atoms with E-state index in [1.54, 1.807) is 18.2 Å². The molecule has 0 aliphatic rings. The van der Waals surface area contributed by atoms with Gasteiger partial charge in [-0.15, -0.1) is 0 Å². The Kier molecular flexibility index (Phi) is 4.67. The van der Waals surface area contributed by atoms with E-state index in [-0.39, 0.29) is 11.9 Å². The van der Waals surface area contributed by atoms with Crippen molar-refractivity contribution in [3.63, 3.8) is 0 Å². The van der Waals surface area contributed by atoms with Gasteiger partial charge in [-0.3, -0.25) is 0 Å². The molecule has 0 heterocycles. The minimum Gasteiger partial charge on any atom is -0.382 e. The second kappa shape index (κ2) is 6.27. The molecule has 0 fully saturated rings. The van der Waals surface area contributed by atoms with E-state index in [0.717, 1.165) is 17.7 Å². The molecule has 0 spiro atoms. The molecule has 0 aromatic heterocycles. The molecule has 1 N–H and O–H groups in total. The topological polar surface area (TPSA) is 12.0 Å². The van der Waals surface area contributed by atoms with Crippen molar-refractivity contribution in [1.82, 2.24) is 0 Å². The maximum atomic E-state index is 13.1. The number of hydrogen-bond acceptors (Lipinski definition) is 1. The van der Waals surface area contributed by atoms with Gasteiger partial charge < -0.3 is 5.32 Å². The van der Waals surface area contributed by atoms with Crippen molar-refractivity contribution in [3.05, 3.63) is 63.9 Å². The smallest absolute Gasteiger partial charge is 0.123 e. The highest BCUT2D eigenvalue weighted by Crippen LogP contribution is 2.23. The van der Waals surface area contributed by atoms with Crippen LogP contribution in [0.15, 0.2) is 42.5 Å². The molecule has 0 saturated heterocycles. The van der Waals surface area contributed by atoms with Crippen molar-refractivity contribution in [1.29, 1.82) is 0 Å².